The molecule has 5 nitrogen and oxygen atoms in total. The van der Waals surface area contributed by atoms with Gasteiger partial charge in [0.1, 0.15) is 22.8 Å². The Morgan fingerprint density at radius 2 is 1.84 bits per heavy atom. The zero-order valence-electron chi connectivity index (χ0n) is 16.7. The summed E-state index contributed by atoms with van der Waals surface area (Å²) in [5.74, 6) is -2.12. The Kier molecular flexibility index (Phi) is 6.90. The van der Waals surface area contributed by atoms with Crippen LogP contribution in [0.5, 0.6) is 11.5 Å². The van der Waals surface area contributed by atoms with Crippen LogP contribution in [0.15, 0.2) is 36.4 Å². The van der Waals surface area contributed by atoms with E-state index < -0.39 is 24.5 Å². The standard InChI is InChI=1S/C22H19ClF3NO4/c1-3-16-14(10-12-4-6-13(23)7-5-12)20(31-22(25)26)18-17(30-11(2)21(28)29)9-8-15(24)19(18)27-16/h4-9,11,22H,3,10H2,1-2H3,(H,28,29)/p+1/t11-/m0/s1. The highest BCUT2D eigenvalue weighted by molar-refractivity contribution is 6.30. The maximum atomic E-state index is 14.6. The first-order valence-electron chi connectivity index (χ1n) is 9.46. The molecule has 1 aromatic heterocycles. The van der Waals surface area contributed by atoms with E-state index in [-0.39, 0.29) is 28.8 Å². The lowest BCUT2D eigenvalue weighted by Gasteiger charge is -2.20. The normalized spacial score (nSPS) is 12.2. The van der Waals surface area contributed by atoms with Crippen LogP contribution in [0.4, 0.5) is 13.2 Å². The molecule has 0 aliphatic rings. The molecule has 9 heteroatoms. The van der Waals surface area contributed by atoms with Crippen molar-refractivity contribution in [1.29, 1.82) is 0 Å². The molecule has 31 heavy (non-hydrogen) atoms. The van der Waals surface area contributed by atoms with Crippen LogP contribution < -0.4 is 9.47 Å². The molecule has 3 aromatic rings. The molecule has 2 aromatic carbocycles. The van der Waals surface area contributed by atoms with E-state index in [4.69, 9.17) is 26.2 Å². The van der Waals surface area contributed by atoms with E-state index in [0.717, 1.165) is 11.6 Å². The summed E-state index contributed by atoms with van der Waals surface area (Å²) in [6, 6.07) is 9.08. The number of fused-ring (bicyclic) bond motifs is 1. The lowest BCUT2D eigenvalue weighted by Crippen LogP contribution is -2.23. The topological polar surface area (TPSA) is 71.3 Å². The predicted octanol–water partition coefficient (Wildman–Crippen LogP) is 4.80. The van der Waals surface area contributed by atoms with Crippen molar-refractivity contribution < 1.29 is 32.5 Å². The molecule has 0 fully saturated rings. The van der Waals surface area contributed by atoms with E-state index in [0.29, 0.717) is 22.7 Å². The summed E-state index contributed by atoms with van der Waals surface area (Å²) < 4.78 is 51.8. The van der Waals surface area contributed by atoms with E-state index in [1.54, 1.807) is 31.2 Å². The third-order valence-corrected chi connectivity index (χ3v) is 4.95. The summed E-state index contributed by atoms with van der Waals surface area (Å²) in [5, 5.41) is 7.61. The average molecular weight is 455 g/mol. The summed E-state index contributed by atoms with van der Waals surface area (Å²) in [7, 11) is 0. The number of carbonyl (C=O) groups is 1. The summed E-state index contributed by atoms with van der Waals surface area (Å²) in [4.78, 5) is 15.7. The first-order valence-corrected chi connectivity index (χ1v) is 9.84. The average Bonchev–Trinajstić information content (AvgIpc) is 2.72. The molecule has 1 atom stereocenters. The van der Waals surface area contributed by atoms with Crippen molar-refractivity contribution >= 4 is 28.5 Å². The number of alkyl halides is 2. The number of rotatable bonds is 8. The molecule has 3 rings (SSSR count). The monoisotopic (exact) mass is 454 g/mol. The number of nitrogens with zero attached hydrogens (tertiary/aromatic N) is 1. The van der Waals surface area contributed by atoms with E-state index in [1.165, 1.54) is 13.0 Å². The minimum absolute atomic E-state index is 0.0762. The van der Waals surface area contributed by atoms with Gasteiger partial charge >= 0.3 is 12.6 Å². The van der Waals surface area contributed by atoms with Crippen molar-refractivity contribution in [2.75, 3.05) is 0 Å². The predicted molar refractivity (Wildman–Crippen MR) is 111 cm³/mol. The second-order valence-corrected chi connectivity index (χ2v) is 7.23. The minimum Gasteiger partial charge on any atom is -0.562 e. The summed E-state index contributed by atoms with van der Waals surface area (Å²) in [6.45, 7) is -0.0867. The number of benzene rings is 2. The van der Waals surface area contributed by atoms with Gasteiger partial charge in [0.05, 0.1) is 5.39 Å². The van der Waals surface area contributed by atoms with Crippen LogP contribution in [0, 0.1) is 5.82 Å². The molecule has 0 saturated carbocycles. The zero-order chi connectivity index (χ0) is 22.7. The van der Waals surface area contributed by atoms with E-state index >= 15 is 0 Å². The molecule has 0 bridgehead atoms. The molecule has 0 saturated heterocycles. The second-order valence-electron chi connectivity index (χ2n) is 6.79. The van der Waals surface area contributed by atoms with Gasteiger partial charge in [-0.15, -0.1) is 0 Å². The number of hydrogen-bond donors (Lipinski definition) is 0. The molecule has 164 valence electrons. The highest BCUT2D eigenvalue weighted by atomic mass is 35.5. The number of halogens is 4. The number of aromatic nitrogens is 1. The molecular weight excluding hydrogens is 435 g/mol. The third kappa shape index (κ3) is 5.02. The van der Waals surface area contributed by atoms with Crippen molar-refractivity contribution in [3.8, 4) is 11.5 Å². The maximum Gasteiger partial charge on any atom is 0.556 e. The van der Waals surface area contributed by atoms with Crippen LogP contribution in [0.2, 0.25) is 5.02 Å². The maximum absolute atomic E-state index is 14.6. The lowest BCUT2D eigenvalue weighted by molar-refractivity contribution is -0.144. The molecule has 0 spiro atoms. The Morgan fingerprint density at radius 3 is 2.42 bits per heavy atom. The Hall–Kier alpha value is -3.00. The summed E-state index contributed by atoms with van der Waals surface area (Å²) >= 11 is 5.93. The van der Waals surface area contributed by atoms with Gasteiger partial charge in [-0.05, 0) is 43.2 Å². The Morgan fingerprint density at radius 1 is 1.16 bits per heavy atom. The highest BCUT2D eigenvalue weighted by Gasteiger charge is 2.27. The molecule has 2 N–H and O–H groups in total. The fraction of sp³-hybridized carbons (Fsp3) is 0.273. The van der Waals surface area contributed by atoms with Crippen LogP contribution in [-0.2, 0) is 17.6 Å². The Balaban J connectivity index is 2.29. The first kappa shape index (κ1) is 22.7. The van der Waals surface area contributed by atoms with E-state index in [1.807, 2.05) is 0 Å². The van der Waals surface area contributed by atoms with Crippen molar-refractivity contribution in [3.05, 3.63) is 64.1 Å². The summed E-state index contributed by atoms with van der Waals surface area (Å²) in [5.41, 5.74) is 1.28. The van der Waals surface area contributed by atoms with Gasteiger partial charge in [-0.1, -0.05) is 30.7 Å². The van der Waals surface area contributed by atoms with Crippen LogP contribution in [0.3, 0.4) is 0 Å². The van der Waals surface area contributed by atoms with Crippen LogP contribution in [-0.4, -0.2) is 28.8 Å². The molecule has 0 unspecified atom stereocenters. The minimum atomic E-state index is -3.19. The molecule has 0 aliphatic carbocycles. The number of hydrogen-bond acceptors (Lipinski definition) is 4. The molecule has 0 amide bonds. The van der Waals surface area contributed by atoms with Crippen molar-refractivity contribution in [2.45, 2.75) is 39.4 Å². The van der Waals surface area contributed by atoms with Gasteiger partial charge in [0.15, 0.2) is 0 Å². The van der Waals surface area contributed by atoms with Gasteiger partial charge in [-0.25, -0.2) is 9.37 Å². The fourth-order valence-corrected chi connectivity index (χ4v) is 3.33. The first-order chi connectivity index (χ1) is 14.7. The van der Waals surface area contributed by atoms with Gasteiger partial charge in [0.2, 0.25) is 0 Å². The van der Waals surface area contributed by atoms with Crippen molar-refractivity contribution in [2.24, 2.45) is 0 Å². The largest absolute Gasteiger partial charge is 0.562 e. The molecular formula is C22H20ClF3NO4+. The SMILES string of the molecule is CCc1nc2c(F)ccc(O[C@@H](C)C(=O)[OH2+])c2c(OC(F)F)c1Cc1ccc(Cl)cc1. The number of ether oxygens (including phenoxy) is 2. The highest BCUT2D eigenvalue weighted by Crippen LogP contribution is 2.41. The number of carbonyl (C=O) groups excluding carboxylic acids is 1. The van der Waals surface area contributed by atoms with Crippen LogP contribution in [0.1, 0.15) is 30.7 Å². The quantitative estimate of drug-likeness (QED) is 0.458. The second kappa shape index (κ2) is 9.43. The van der Waals surface area contributed by atoms with Gasteiger partial charge in [-0.2, -0.15) is 8.78 Å². The smallest absolute Gasteiger partial charge is 0.556 e. The summed E-state index contributed by atoms with van der Waals surface area (Å²) in [6.07, 6.45) is -0.683. The van der Waals surface area contributed by atoms with E-state index in [2.05, 4.69) is 4.98 Å². The van der Waals surface area contributed by atoms with E-state index in [9.17, 15) is 18.0 Å². The van der Waals surface area contributed by atoms with Gasteiger partial charge in [0, 0.05) is 27.5 Å². The third-order valence-electron chi connectivity index (χ3n) is 4.70. The van der Waals surface area contributed by atoms with Gasteiger partial charge < -0.3 is 14.6 Å². The van der Waals surface area contributed by atoms with Crippen LogP contribution in [0.25, 0.3) is 10.9 Å². The van der Waals surface area contributed by atoms with Crippen molar-refractivity contribution in [3.63, 3.8) is 0 Å². The lowest BCUT2D eigenvalue weighted by atomic mass is 9.98. The number of aryl methyl sites for hydroxylation is 1. The van der Waals surface area contributed by atoms with Gasteiger partial charge in [-0.3, -0.25) is 0 Å². The fourth-order valence-electron chi connectivity index (χ4n) is 3.20. The van der Waals surface area contributed by atoms with Gasteiger partial charge in [0.25, 0.3) is 6.10 Å². The molecule has 1 heterocycles. The number of pyridine rings is 1. The molecule has 0 radical (unpaired) electrons. The zero-order valence-corrected chi connectivity index (χ0v) is 17.5. The Bertz CT molecular complexity index is 1110. The Labute approximate surface area is 181 Å². The van der Waals surface area contributed by atoms with Crippen LogP contribution >= 0.6 is 11.6 Å². The molecule has 0 aliphatic heterocycles. The van der Waals surface area contributed by atoms with Crippen molar-refractivity contribution in [1.82, 2.24) is 4.98 Å².